The number of fused-ring (bicyclic) bond motifs is 2. The number of aliphatic hydroxyl groups excluding tert-OH is 1. The Balaban J connectivity index is 1.48. The monoisotopic (exact) mass is 470 g/mol. The second-order valence-electron chi connectivity index (χ2n) is 10.3. The highest BCUT2D eigenvalue weighted by Gasteiger charge is 2.58. The fraction of sp³-hybridized carbons (Fsp3) is 0.621. The van der Waals surface area contributed by atoms with E-state index in [1.807, 2.05) is 18.2 Å². The first-order chi connectivity index (χ1) is 16.5. The number of benzene rings is 1. The van der Waals surface area contributed by atoms with Crippen LogP contribution in [0.3, 0.4) is 0 Å². The average Bonchev–Trinajstić information content (AvgIpc) is 3.43. The molecule has 1 aromatic rings. The zero-order chi connectivity index (χ0) is 24.0. The predicted octanol–water partition coefficient (Wildman–Crippen LogP) is 5.89. The Kier molecular flexibility index (Phi) is 8.60. The van der Waals surface area contributed by atoms with Crippen LogP contribution in [0.25, 0.3) is 0 Å². The maximum absolute atomic E-state index is 13.7. The molecule has 1 aromatic carbocycles. The van der Waals surface area contributed by atoms with Gasteiger partial charge in [0.25, 0.3) is 0 Å². The fourth-order valence-corrected chi connectivity index (χ4v) is 6.41. The van der Waals surface area contributed by atoms with Crippen molar-refractivity contribution in [2.24, 2.45) is 17.8 Å². The molecule has 186 valence electrons. The number of allylic oxidation sites excluding steroid dienone is 2. The number of hydrogen-bond donors (Lipinski definition) is 1. The zero-order valence-electron chi connectivity index (χ0n) is 20.3. The molecular weight excluding hydrogens is 431 g/mol. The SMILES string of the molecule is COC(=O)CCCC=CC[C@H]1[C@H](C=C[C@H](O)C2CCCCC2)[C@@H]2C[C@@]1(c1ccc(F)cc1)CO2. The van der Waals surface area contributed by atoms with Crippen molar-refractivity contribution in [1.29, 1.82) is 0 Å². The smallest absolute Gasteiger partial charge is 0.305 e. The van der Waals surface area contributed by atoms with Crippen LogP contribution in [0.5, 0.6) is 0 Å². The van der Waals surface area contributed by atoms with Gasteiger partial charge in [-0.05, 0) is 68.1 Å². The van der Waals surface area contributed by atoms with Gasteiger partial charge in [-0.1, -0.05) is 55.7 Å². The van der Waals surface area contributed by atoms with E-state index in [2.05, 4.69) is 18.2 Å². The largest absolute Gasteiger partial charge is 0.469 e. The summed E-state index contributed by atoms with van der Waals surface area (Å²) in [6, 6.07) is 6.93. The van der Waals surface area contributed by atoms with Crippen molar-refractivity contribution in [3.8, 4) is 0 Å². The van der Waals surface area contributed by atoms with Crippen molar-refractivity contribution < 1.29 is 23.8 Å². The van der Waals surface area contributed by atoms with Crippen molar-refractivity contribution >= 4 is 5.97 Å². The van der Waals surface area contributed by atoms with Crippen molar-refractivity contribution in [3.05, 3.63) is 60.0 Å². The summed E-state index contributed by atoms with van der Waals surface area (Å²) in [4.78, 5) is 11.3. The zero-order valence-corrected chi connectivity index (χ0v) is 20.3. The van der Waals surface area contributed by atoms with Crippen LogP contribution in [-0.2, 0) is 19.7 Å². The molecule has 34 heavy (non-hydrogen) atoms. The second-order valence-corrected chi connectivity index (χ2v) is 10.3. The molecule has 1 N–H and O–H groups in total. The number of hydrogen-bond acceptors (Lipinski definition) is 4. The summed E-state index contributed by atoms with van der Waals surface area (Å²) in [7, 11) is 1.42. The Morgan fingerprint density at radius 1 is 1.24 bits per heavy atom. The van der Waals surface area contributed by atoms with Crippen LogP contribution in [0.4, 0.5) is 4.39 Å². The van der Waals surface area contributed by atoms with Gasteiger partial charge in [0.15, 0.2) is 0 Å². The first-order valence-corrected chi connectivity index (χ1v) is 13.0. The summed E-state index contributed by atoms with van der Waals surface area (Å²) in [6.45, 7) is 0.652. The van der Waals surface area contributed by atoms with E-state index in [-0.39, 0.29) is 29.2 Å². The van der Waals surface area contributed by atoms with Crippen LogP contribution in [0.15, 0.2) is 48.6 Å². The standard InChI is InChI=1S/C29H39FO4/c1-33-28(32)12-8-3-2-7-11-25-24(17-18-26(31)21-9-5-4-6-10-21)27-19-29(25,20-34-27)22-13-15-23(30)16-14-22/h2,7,13-18,21,24-27,31H,3-6,8-12,19-20H2,1H3/t24-,25-,26-,27-,29-/m0/s1. The third kappa shape index (κ3) is 5.63. The van der Waals surface area contributed by atoms with Gasteiger partial charge in [0, 0.05) is 17.8 Å². The highest BCUT2D eigenvalue weighted by atomic mass is 19.1. The number of unbranched alkanes of at least 4 members (excludes halogenated alkanes) is 1. The molecule has 0 radical (unpaired) electrons. The normalized spacial score (nSPS) is 30.4. The first kappa shape index (κ1) is 25.1. The third-order valence-corrected chi connectivity index (χ3v) is 8.34. The van der Waals surface area contributed by atoms with Crippen LogP contribution < -0.4 is 0 Å². The lowest BCUT2D eigenvalue weighted by atomic mass is 9.69. The van der Waals surface area contributed by atoms with Gasteiger partial charge in [0.1, 0.15) is 5.82 Å². The minimum Gasteiger partial charge on any atom is -0.469 e. The van der Waals surface area contributed by atoms with Crippen molar-refractivity contribution in [2.45, 2.75) is 81.8 Å². The number of methoxy groups -OCH3 is 1. The van der Waals surface area contributed by atoms with Crippen LogP contribution >= 0.6 is 0 Å². The second kappa shape index (κ2) is 11.6. The average molecular weight is 471 g/mol. The molecule has 1 aliphatic heterocycles. The third-order valence-electron chi connectivity index (χ3n) is 8.34. The molecule has 2 aliphatic carbocycles. The topological polar surface area (TPSA) is 55.8 Å². The van der Waals surface area contributed by atoms with Gasteiger partial charge in [-0.2, -0.15) is 0 Å². The molecule has 4 rings (SSSR count). The molecule has 2 bridgehead atoms. The number of halogens is 1. The number of esters is 1. The van der Waals surface area contributed by atoms with E-state index in [1.54, 1.807) is 12.1 Å². The van der Waals surface area contributed by atoms with Gasteiger partial charge in [-0.25, -0.2) is 4.39 Å². The van der Waals surface area contributed by atoms with Crippen LogP contribution in [-0.4, -0.2) is 37.0 Å². The molecule has 0 unspecified atom stereocenters. The van der Waals surface area contributed by atoms with Crippen molar-refractivity contribution in [3.63, 3.8) is 0 Å². The van der Waals surface area contributed by atoms with E-state index in [0.717, 1.165) is 44.1 Å². The van der Waals surface area contributed by atoms with E-state index in [4.69, 9.17) is 9.47 Å². The molecule has 2 saturated carbocycles. The summed E-state index contributed by atoms with van der Waals surface area (Å²) in [5.41, 5.74) is 1.00. The maximum Gasteiger partial charge on any atom is 0.305 e. The van der Waals surface area contributed by atoms with Crippen LogP contribution in [0.2, 0.25) is 0 Å². The molecule has 0 spiro atoms. The lowest BCUT2D eigenvalue weighted by Crippen LogP contribution is -2.39. The molecule has 0 aromatic heterocycles. The Hall–Kier alpha value is -1.98. The number of ether oxygens (including phenoxy) is 2. The van der Waals surface area contributed by atoms with E-state index in [9.17, 15) is 14.3 Å². The van der Waals surface area contributed by atoms with E-state index >= 15 is 0 Å². The number of rotatable bonds is 10. The molecule has 0 amide bonds. The Bertz CT molecular complexity index is 857. The van der Waals surface area contributed by atoms with Gasteiger partial charge >= 0.3 is 5.97 Å². The molecular formula is C29H39FO4. The molecule has 5 heteroatoms. The first-order valence-electron chi connectivity index (χ1n) is 13.0. The minimum absolute atomic E-state index is 0.123. The summed E-state index contributed by atoms with van der Waals surface area (Å²) in [5.74, 6) is 0.516. The highest BCUT2D eigenvalue weighted by molar-refractivity contribution is 5.69. The molecule has 1 heterocycles. The minimum atomic E-state index is -0.393. The molecule has 3 aliphatic rings. The lowest BCUT2D eigenvalue weighted by molar-refractivity contribution is -0.140. The molecule has 3 fully saturated rings. The van der Waals surface area contributed by atoms with Gasteiger partial charge in [0.2, 0.25) is 0 Å². The van der Waals surface area contributed by atoms with Gasteiger partial charge < -0.3 is 14.6 Å². The van der Waals surface area contributed by atoms with E-state index in [0.29, 0.717) is 24.9 Å². The van der Waals surface area contributed by atoms with Gasteiger partial charge in [-0.3, -0.25) is 4.79 Å². The van der Waals surface area contributed by atoms with Crippen molar-refractivity contribution in [1.82, 2.24) is 0 Å². The maximum atomic E-state index is 13.7. The summed E-state index contributed by atoms with van der Waals surface area (Å²) >= 11 is 0. The summed E-state index contributed by atoms with van der Waals surface area (Å²) < 4.78 is 24.6. The van der Waals surface area contributed by atoms with Crippen molar-refractivity contribution in [2.75, 3.05) is 13.7 Å². The lowest BCUT2D eigenvalue weighted by Gasteiger charge is -2.38. The molecule has 5 atom stereocenters. The fourth-order valence-electron chi connectivity index (χ4n) is 6.41. The Morgan fingerprint density at radius 2 is 2.00 bits per heavy atom. The number of carbonyl (C=O) groups excluding carboxylic acids is 1. The van der Waals surface area contributed by atoms with Crippen LogP contribution in [0, 0.1) is 23.6 Å². The van der Waals surface area contributed by atoms with E-state index < -0.39 is 6.10 Å². The van der Waals surface area contributed by atoms with Gasteiger partial charge in [0.05, 0.1) is 25.9 Å². The summed E-state index contributed by atoms with van der Waals surface area (Å²) in [5, 5.41) is 10.8. The number of carbonyl (C=O) groups is 1. The quantitative estimate of drug-likeness (QED) is 0.263. The van der Waals surface area contributed by atoms with Crippen LogP contribution in [0.1, 0.15) is 69.8 Å². The van der Waals surface area contributed by atoms with Gasteiger partial charge in [-0.15, -0.1) is 0 Å². The number of aliphatic hydroxyl groups is 1. The highest BCUT2D eigenvalue weighted by Crippen LogP contribution is 2.57. The molecule has 1 saturated heterocycles. The Morgan fingerprint density at radius 3 is 2.74 bits per heavy atom. The van der Waals surface area contributed by atoms with E-state index in [1.165, 1.54) is 26.4 Å². The Labute approximate surface area is 203 Å². The summed E-state index contributed by atoms with van der Waals surface area (Å²) in [6.07, 6.45) is 18.1. The molecule has 4 nitrogen and oxygen atoms in total. The predicted molar refractivity (Wildman–Crippen MR) is 131 cm³/mol.